The van der Waals surface area contributed by atoms with E-state index in [0.717, 1.165) is 16.8 Å². The van der Waals surface area contributed by atoms with Gasteiger partial charge < -0.3 is 10.1 Å². The number of hydrogen-bond acceptors (Lipinski definition) is 5. The second kappa shape index (κ2) is 8.65. The Kier molecular flexibility index (Phi) is 6.04. The zero-order valence-corrected chi connectivity index (χ0v) is 16.4. The molecule has 5 nitrogen and oxygen atoms in total. The van der Waals surface area contributed by atoms with Crippen LogP contribution in [0.3, 0.4) is 0 Å². The number of hydrogen-bond donors (Lipinski definition) is 1. The molecule has 1 heterocycles. The molecule has 1 atom stereocenters. The molecule has 0 aliphatic heterocycles. The lowest BCUT2D eigenvalue weighted by Crippen LogP contribution is -2.38. The SMILES string of the molecule is CC(C)(C)OC(=O)[C@H](Cc1ccccc1)Nc1ccc(-c2ccccc2)nn1. The Morgan fingerprint density at radius 3 is 2.14 bits per heavy atom. The van der Waals surface area contributed by atoms with Crippen molar-refractivity contribution in [3.8, 4) is 11.3 Å². The second-order valence-electron chi connectivity index (χ2n) is 7.59. The highest BCUT2D eigenvalue weighted by atomic mass is 16.6. The van der Waals surface area contributed by atoms with Crippen LogP contribution >= 0.6 is 0 Å². The summed E-state index contributed by atoms with van der Waals surface area (Å²) in [6.07, 6.45) is 0.498. The lowest BCUT2D eigenvalue weighted by atomic mass is 10.1. The first-order valence-corrected chi connectivity index (χ1v) is 9.33. The van der Waals surface area contributed by atoms with Crippen molar-refractivity contribution in [3.05, 3.63) is 78.4 Å². The summed E-state index contributed by atoms with van der Waals surface area (Å²) in [5.41, 5.74) is 2.26. The van der Waals surface area contributed by atoms with E-state index in [4.69, 9.17) is 4.74 Å². The Hall–Kier alpha value is -3.21. The van der Waals surface area contributed by atoms with Crippen LogP contribution in [0.5, 0.6) is 0 Å². The van der Waals surface area contributed by atoms with E-state index < -0.39 is 11.6 Å². The number of carbonyl (C=O) groups excluding carboxylic acids is 1. The Balaban J connectivity index is 1.77. The summed E-state index contributed by atoms with van der Waals surface area (Å²) >= 11 is 0. The number of rotatable bonds is 6. The van der Waals surface area contributed by atoms with E-state index in [1.54, 1.807) is 0 Å². The van der Waals surface area contributed by atoms with Crippen LogP contribution in [0.25, 0.3) is 11.3 Å². The minimum atomic E-state index is -0.559. The molecule has 1 aromatic heterocycles. The minimum Gasteiger partial charge on any atom is -0.458 e. The van der Waals surface area contributed by atoms with Crippen LogP contribution in [0.2, 0.25) is 0 Å². The molecular weight excluding hydrogens is 350 g/mol. The predicted octanol–water partition coefficient (Wildman–Crippen LogP) is 4.51. The molecule has 0 bridgehead atoms. The van der Waals surface area contributed by atoms with Gasteiger partial charge >= 0.3 is 5.97 Å². The molecule has 0 saturated heterocycles. The van der Waals surface area contributed by atoms with Crippen LogP contribution < -0.4 is 5.32 Å². The predicted molar refractivity (Wildman–Crippen MR) is 111 cm³/mol. The number of ether oxygens (including phenoxy) is 1. The lowest BCUT2D eigenvalue weighted by Gasteiger charge is -2.25. The van der Waals surface area contributed by atoms with Crippen LogP contribution in [0.15, 0.2) is 72.8 Å². The summed E-state index contributed by atoms with van der Waals surface area (Å²) in [5, 5.41) is 11.7. The summed E-state index contributed by atoms with van der Waals surface area (Å²) in [4.78, 5) is 12.7. The van der Waals surface area contributed by atoms with Crippen LogP contribution in [-0.4, -0.2) is 27.8 Å². The molecule has 3 rings (SSSR count). The van der Waals surface area contributed by atoms with Gasteiger partial charge in [0.05, 0.1) is 5.69 Å². The summed E-state index contributed by atoms with van der Waals surface area (Å²) in [6, 6.07) is 22.8. The van der Waals surface area contributed by atoms with Crippen molar-refractivity contribution >= 4 is 11.8 Å². The second-order valence-corrected chi connectivity index (χ2v) is 7.59. The van der Waals surface area contributed by atoms with Gasteiger partial charge in [0.1, 0.15) is 17.5 Å². The molecule has 0 saturated carbocycles. The molecule has 3 aromatic rings. The molecule has 2 aromatic carbocycles. The summed E-state index contributed by atoms with van der Waals surface area (Å²) in [6.45, 7) is 5.58. The Labute approximate surface area is 165 Å². The summed E-state index contributed by atoms with van der Waals surface area (Å²) in [5.74, 6) is 0.219. The van der Waals surface area contributed by atoms with Crippen molar-refractivity contribution in [2.24, 2.45) is 0 Å². The molecule has 0 amide bonds. The van der Waals surface area contributed by atoms with Crippen LogP contribution in [0.4, 0.5) is 5.82 Å². The van der Waals surface area contributed by atoms with Crippen molar-refractivity contribution in [1.82, 2.24) is 10.2 Å². The van der Waals surface area contributed by atoms with Gasteiger partial charge in [-0.25, -0.2) is 4.79 Å². The number of esters is 1. The number of nitrogens with one attached hydrogen (secondary N) is 1. The Bertz CT molecular complexity index is 889. The topological polar surface area (TPSA) is 64.1 Å². The molecule has 144 valence electrons. The van der Waals surface area contributed by atoms with E-state index >= 15 is 0 Å². The van der Waals surface area contributed by atoms with Crippen molar-refractivity contribution < 1.29 is 9.53 Å². The third-order valence-electron chi connectivity index (χ3n) is 4.03. The first-order valence-electron chi connectivity index (χ1n) is 9.33. The number of anilines is 1. The lowest BCUT2D eigenvalue weighted by molar-refractivity contribution is -0.155. The van der Waals surface area contributed by atoms with Gasteiger partial charge in [0.2, 0.25) is 0 Å². The van der Waals surface area contributed by atoms with E-state index in [1.165, 1.54) is 0 Å². The van der Waals surface area contributed by atoms with Crippen molar-refractivity contribution in [2.45, 2.75) is 38.8 Å². The molecule has 5 heteroatoms. The van der Waals surface area contributed by atoms with Crippen molar-refractivity contribution in [2.75, 3.05) is 5.32 Å². The average Bonchev–Trinajstić information content (AvgIpc) is 2.68. The molecule has 1 N–H and O–H groups in total. The van der Waals surface area contributed by atoms with Gasteiger partial charge in [-0.3, -0.25) is 0 Å². The fourth-order valence-electron chi connectivity index (χ4n) is 2.77. The monoisotopic (exact) mass is 375 g/mol. The van der Waals surface area contributed by atoms with E-state index in [1.807, 2.05) is 93.6 Å². The third-order valence-corrected chi connectivity index (χ3v) is 4.03. The fraction of sp³-hybridized carbons (Fsp3) is 0.261. The van der Waals surface area contributed by atoms with E-state index in [2.05, 4.69) is 15.5 Å². The smallest absolute Gasteiger partial charge is 0.329 e. The maximum atomic E-state index is 12.7. The third kappa shape index (κ3) is 5.64. The number of nitrogens with zero attached hydrogens (tertiary/aromatic N) is 2. The highest BCUT2D eigenvalue weighted by Crippen LogP contribution is 2.18. The highest BCUT2D eigenvalue weighted by molar-refractivity contribution is 5.79. The maximum absolute atomic E-state index is 12.7. The van der Waals surface area contributed by atoms with E-state index in [0.29, 0.717) is 12.2 Å². The normalized spacial score (nSPS) is 12.2. The average molecular weight is 375 g/mol. The summed E-state index contributed by atoms with van der Waals surface area (Å²) < 4.78 is 5.59. The van der Waals surface area contributed by atoms with E-state index in [-0.39, 0.29) is 5.97 Å². The van der Waals surface area contributed by atoms with Gasteiger partial charge in [0.15, 0.2) is 0 Å². The first kappa shape index (κ1) is 19.5. The quantitative estimate of drug-likeness (QED) is 0.642. The minimum absolute atomic E-state index is 0.315. The number of aromatic nitrogens is 2. The Morgan fingerprint density at radius 2 is 1.57 bits per heavy atom. The number of benzene rings is 2. The van der Waals surface area contributed by atoms with Gasteiger partial charge in [-0.2, -0.15) is 0 Å². The van der Waals surface area contributed by atoms with Gasteiger partial charge in [0.25, 0.3) is 0 Å². The van der Waals surface area contributed by atoms with Gasteiger partial charge in [-0.15, -0.1) is 10.2 Å². The molecule has 0 aliphatic carbocycles. The molecule has 0 spiro atoms. The van der Waals surface area contributed by atoms with Crippen LogP contribution in [0.1, 0.15) is 26.3 Å². The van der Waals surface area contributed by atoms with E-state index in [9.17, 15) is 4.79 Å². The van der Waals surface area contributed by atoms with Gasteiger partial charge in [0, 0.05) is 12.0 Å². The standard InChI is InChI=1S/C23H25N3O2/c1-23(2,3)28-22(27)20(16-17-10-6-4-7-11-17)24-21-15-14-19(25-26-21)18-12-8-5-9-13-18/h4-15,20H,16H2,1-3H3,(H,24,26)/t20-/m0/s1. The van der Waals surface area contributed by atoms with Crippen LogP contribution in [-0.2, 0) is 16.0 Å². The molecule has 0 unspecified atom stereocenters. The Morgan fingerprint density at radius 1 is 0.929 bits per heavy atom. The first-order chi connectivity index (χ1) is 13.4. The molecular formula is C23H25N3O2. The van der Waals surface area contributed by atoms with Gasteiger partial charge in [-0.1, -0.05) is 60.7 Å². The zero-order chi connectivity index (χ0) is 20.0. The van der Waals surface area contributed by atoms with Gasteiger partial charge in [-0.05, 0) is 38.5 Å². The maximum Gasteiger partial charge on any atom is 0.329 e. The highest BCUT2D eigenvalue weighted by Gasteiger charge is 2.26. The van der Waals surface area contributed by atoms with Crippen LogP contribution in [0, 0.1) is 0 Å². The summed E-state index contributed by atoms with van der Waals surface area (Å²) in [7, 11) is 0. The largest absolute Gasteiger partial charge is 0.458 e. The zero-order valence-electron chi connectivity index (χ0n) is 16.4. The molecule has 0 radical (unpaired) electrons. The van der Waals surface area contributed by atoms with Crippen molar-refractivity contribution in [1.29, 1.82) is 0 Å². The van der Waals surface area contributed by atoms with Crippen molar-refractivity contribution in [3.63, 3.8) is 0 Å². The molecule has 28 heavy (non-hydrogen) atoms. The molecule has 0 aliphatic rings. The molecule has 0 fully saturated rings. The fourth-order valence-corrected chi connectivity index (χ4v) is 2.77. The number of carbonyl (C=O) groups is 1.